The topological polar surface area (TPSA) is 77.8 Å². The molecule has 0 aromatic heterocycles. The normalized spacial score (nSPS) is 17.1. The number of thiocarbonyl (C=S) groups is 1. The van der Waals surface area contributed by atoms with E-state index in [0.717, 1.165) is 21.1 Å². The van der Waals surface area contributed by atoms with Gasteiger partial charge in [-0.05, 0) is 24.3 Å². The molecule has 1 aliphatic rings. The van der Waals surface area contributed by atoms with Crippen LogP contribution in [0, 0.1) is 0 Å². The maximum Gasteiger partial charge on any atom is 0.323 e. The summed E-state index contributed by atoms with van der Waals surface area (Å²) in [7, 11) is 0. The number of hydrogen-bond donors (Lipinski definition) is 2. The van der Waals surface area contributed by atoms with Crippen molar-refractivity contribution < 1.29 is 19.8 Å². The maximum atomic E-state index is 12.0. The van der Waals surface area contributed by atoms with Crippen LogP contribution in [0.3, 0.4) is 0 Å². The Hall–Kier alpha value is -1.38. The minimum Gasteiger partial charge on any atom is -0.507 e. The van der Waals surface area contributed by atoms with Crippen molar-refractivity contribution in [3.05, 3.63) is 33.1 Å². The van der Waals surface area contributed by atoms with Crippen molar-refractivity contribution in [2.45, 2.75) is 0 Å². The highest BCUT2D eigenvalue weighted by Crippen LogP contribution is 2.34. The molecular formula is C12H8BrNO4S2. The second-order valence-electron chi connectivity index (χ2n) is 3.86. The van der Waals surface area contributed by atoms with E-state index in [-0.39, 0.29) is 15.0 Å². The van der Waals surface area contributed by atoms with Gasteiger partial charge in [-0.15, -0.1) is 0 Å². The summed E-state index contributed by atoms with van der Waals surface area (Å²) in [4.78, 5) is 24.0. The van der Waals surface area contributed by atoms with E-state index in [9.17, 15) is 14.7 Å². The lowest BCUT2D eigenvalue weighted by Gasteiger charge is -2.10. The van der Waals surface area contributed by atoms with Gasteiger partial charge < -0.3 is 10.2 Å². The van der Waals surface area contributed by atoms with Crippen molar-refractivity contribution in [1.82, 2.24) is 4.90 Å². The van der Waals surface area contributed by atoms with Gasteiger partial charge in [-0.1, -0.05) is 39.9 Å². The number of carboxylic acid groups (broad SMARTS) is 1. The smallest absolute Gasteiger partial charge is 0.323 e. The number of phenolic OH excluding ortho intramolecular Hbond substituents is 1. The summed E-state index contributed by atoms with van der Waals surface area (Å²) in [6.07, 6.45) is 1.49. The standard InChI is InChI=1S/C12H8BrNO4S2/c13-7-1-2-8(15)6(3-7)4-9-11(18)14(5-10(16)17)12(19)20-9/h1-4,15H,5H2,(H,16,17)/b9-4+. The van der Waals surface area contributed by atoms with Crippen LogP contribution in [-0.2, 0) is 9.59 Å². The highest BCUT2D eigenvalue weighted by Gasteiger charge is 2.33. The highest BCUT2D eigenvalue weighted by molar-refractivity contribution is 9.10. The molecule has 1 amide bonds. The number of phenols is 1. The molecule has 0 saturated carbocycles. The van der Waals surface area contributed by atoms with E-state index < -0.39 is 18.4 Å². The van der Waals surface area contributed by atoms with E-state index in [1.165, 1.54) is 12.1 Å². The van der Waals surface area contributed by atoms with Crippen molar-refractivity contribution in [1.29, 1.82) is 0 Å². The van der Waals surface area contributed by atoms with Crippen LogP contribution in [0.5, 0.6) is 5.75 Å². The Balaban J connectivity index is 2.32. The first-order valence-corrected chi connectivity index (χ1v) is 7.36. The number of amides is 1. The van der Waals surface area contributed by atoms with Crippen LogP contribution in [0.4, 0.5) is 0 Å². The molecule has 5 nitrogen and oxygen atoms in total. The average Bonchev–Trinajstić information content (AvgIpc) is 2.61. The lowest BCUT2D eigenvalue weighted by atomic mass is 10.2. The number of carbonyl (C=O) groups is 2. The number of carbonyl (C=O) groups excluding carboxylic acids is 1. The third-order valence-electron chi connectivity index (χ3n) is 2.44. The van der Waals surface area contributed by atoms with Crippen LogP contribution in [-0.4, -0.2) is 37.9 Å². The van der Waals surface area contributed by atoms with E-state index in [1.807, 2.05) is 0 Å². The number of halogens is 1. The molecule has 2 N–H and O–H groups in total. The van der Waals surface area contributed by atoms with Crippen LogP contribution in [0.2, 0.25) is 0 Å². The highest BCUT2D eigenvalue weighted by atomic mass is 79.9. The second kappa shape index (κ2) is 5.94. The monoisotopic (exact) mass is 373 g/mol. The number of hydrogen-bond acceptors (Lipinski definition) is 5. The Morgan fingerprint density at radius 3 is 2.85 bits per heavy atom. The molecule has 0 radical (unpaired) electrons. The molecular weight excluding hydrogens is 366 g/mol. The van der Waals surface area contributed by atoms with Gasteiger partial charge in [0.2, 0.25) is 0 Å². The second-order valence-corrected chi connectivity index (χ2v) is 6.46. The molecule has 1 fully saturated rings. The van der Waals surface area contributed by atoms with Crippen molar-refractivity contribution in [2.24, 2.45) is 0 Å². The summed E-state index contributed by atoms with van der Waals surface area (Å²) in [5.74, 6) is -1.58. The molecule has 1 aliphatic heterocycles. The zero-order chi connectivity index (χ0) is 14.9. The van der Waals surface area contributed by atoms with Gasteiger partial charge in [-0.2, -0.15) is 0 Å². The zero-order valence-electron chi connectivity index (χ0n) is 9.87. The molecule has 2 rings (SSSR count). The summed E-state index contributed by atoms with van der Waals surface area (Å²) in [6, 6.07) is 4.81. The minimum atomic E-state index is -1.13. The molecule has 8 heteroatoms. The Kier molecular flexibility index (Phi) is 4.46. The van der Waals surface area contributed by atoms with Crippen molar-refractivity contribution in [3.63, 3.8) is 0 Å². The van der Waals surface area contributed by atoms with Gasteiger partial charge in [-0.25, -0.2) is 0 Å². The molecule has 20 heavy (non-hydrogen) atoms. The number of nitrogens with zero attached hydrogens (tertiary/aromatic N) is 1. The van der Waals surface area contributed by atoms with Gasteiger partial charge in [0.1, 0.15) is 16.6 Å². The van der Waals surface area contributed by atoms with Gasteiger partial charge in [0.25, 0.3) is 5.91 Å². The van der Waals surface area contributed by atoms with Gasteiger partial charge >= 0.3 is 5.97 Å². The first-order valence-electron chi connectivity index (χ1n) is 5.34. The molecule has 0 unspecified atom stereocenters. The van der Waals surface area contributed by atoms with Crippen molar-refractivity contribution >= 4 is 62.2 Å². The third-order valence-corrected chi connectivity index (χ3v) is 4.31. The lowest BCUT2D eigenvalue weighted by Crippen LogP contribution is -2.33. The van der Waals surface area contributed by atoms with Gasteiger partial charge in [-0.3, -0.25) is 14.5 Å². The minimum absolute atomic E-state index is 0.0247. The SMILES string of the molecule is O=C(O)CN1C(=O)/C(=C\c2cc(Br)ccc2O)SC1=S. The van der Waals surface area contributed by atoms with E-state index in [1.54, 1.807) is 12.1 Å². The number of carboxylic acids is 1. The van der Waals surface area contributed by atoms with Crippen LogP contribution >= 0.6 is 39.9 Å². The summed E-state index contributed by atoms with van der Waals surface area (Å²) >= 11 is 9.26. The summed E-state index contributed by atoms with van der Waals surface area (Å²) < 4.78 is 0.945. The Morgan fingerprint density at radius 1 is 1.50 bits per heavy atom. The quantitative estimate of drug-likeness (QED) is 0.625. The van der Waals surface area contributed by atoms with Crippen LogP contribution in [0.1, 0.15) is 5.56 Å². The molecule has 1 aromatic carbocycles. The number of rotatable bonds is 3. The molecule has 1 aromatic rings. The summed E-state index contributed by atoms with van der Waals surface area (Å²) in [5, 5.41) is 18.5. The van der Waals surface area contributed by atoms with Crippen LogP contribution < -0.4 is 0 Å². The largest absolute Gasteiger partial charge is 0.507 e. The van der Waals surface area contributed by atoms with E-state index in [4.69, 9.17) is 17.3 Å². The predicted molar refractivity (Wildman–Crippen MR) is 83.3 cm³/mol. The predicted octanol–water partition coefficient (Wildman–Crippen LogP) is 2.44. The van der Waals surface area contributed by atoms with Crippen molar-refractivity contribution in [2.75, 3.05) is 6.54 Å². The molecule has 0 aliphatic carbocycles. The van der Waals surface area contributed by atoms with Gasteiger partial charge in [0.05, 0.1) is 4.91 Å². The number of aromatic hydroxyl groups is 1. The number of thioether (sulfide) groups is 1. The van der Waals surface area contributed by atoms with Crippen molar-refractivity contribution in [3.8, 4) is 5.75 Å². The fourth-order valence-corrected chi connectivity index (χ4v) is 3.18. The zero-order valence-corrected chi connectivity index (χ0v) is 13.1. The third kappa shape index (κ3) is 3.20. The van der Waals surface area contributed by atoms with Crippen LogP contribution in [0.25, 0.3) is 6.08 Å². The van der Waals surface area contributed by atoms with E-state index in [0.29, 0.717) is 5.56 Å². The fraction of sp³-hybridized carbons (Fsp3) is 0.0833. The maximum absolute atomic E-state index is 12.0. The molecule has 0 spiro atoms. The Labute approximate surface area is 132 Å². The first-order chi connectivity index (χ1) is 9.38. The lowest BCUT2D eigenvalue weighted by molar-refractivity contribution is -0.140. The Morgan fingerprint density at radius 2 is 2.20 bits per heavy atom. The van der Waals surface area contributed by atoms with E-state index in [2.05, 4.69) is 15.9 Å². The fourth-order valence-electron chi connectivity index (χ4n) is 1.55. The Bertz CT molecular complexity index is 644. The van der Waals surface area contributed by atoms with E-state index >= 15 is 0 Å². The molecule has 104 valence electrons. The average molecular weight is 374 g/mol. The molecule has 1 heterocycles. The molecule has 1 saturated heterocycles. The summed E-state index contributed by atoms with van der Waals surface area (Å²) in [6.45, 7) is -0.466. The molecule has 0 bridgehead atoms. The van der Waals surface area contributed by atoms with Gasteiger partial charge in [0, 0.05) is 10.0 Å². The van der Waals surface area contributed by atoms with Crippen LogP contribution in [0.15, 0.2) is 27.6 Å². The number of benzene rings is 1. The van der Waals surface area contributed by atoms with Gasteiger partial charge in [0.15, 0.2) is 0 Å². The first kappa shape index (κ1) is 15.0. The summed E-state index contributed by atoms with van der Waals surface area (Å²) in [5.41, 5.74) is 0.454. The number of aliphatic carboxylic acids is 1. The molecule has 0 atom stereocenters.